The summed E-state index contributed by atoms with van der Waals surface area (Å²) in [6.45, 7) is 0. The second-order valence-electron chi connectivity index (χ2n) is 5.09. The minimum absolute atomic E-state index is 0.327. The van der Waals surface area contributed by atoms with Crippen molar-refractivity contribution in [1.29, 1.82) is 5.26 Å². The molecule has 0 saturated heterocycles. The molecule has 0 spiro atoms. The first-order valence-corrected chi connectivity index (χ1v) is 6.89. The molecular formula is C15H17N5. The molecule has 1 aromatic heterocycles. The molecule has 0 bridgehead atoms. The van der Waals surface area contributed by atoms with Crippen LogP contribution in [-0.4, -0.2) is 9.78 Å². The second-order valence-corrected chi connectivity index (χ2v) is 5.09. The van der Waals surface area contributed by atoms with Crippen molar-refractivity contribution < 1.29 is 0 Å². The van der Waals surface area contributed by atoms with Crippen molar-refractivity contribution in [3.63, 3.8) is 0 Å². The summed E-state index contributed by atoms with van der Waals surface area (Å²) in [7, 11) is 0. The van der Waals surface area contributed by atoms with Crippen molar-refractivity contribution in [3.8, 4) is 6.07 Å². The van der Waals surface area contributed by atoms with E-state index in [1.165, 1.54) is 12.8 Å². The third-order valence-electron chi connectivity index (χ3n) is 3.77. The highest BCUT2D eigenvalue weighted by molar-refractivity contribution is 5.69. The zero-order valence-corrected chi connectivity index (χ0v) is 11.2. The van der Waals surface area contributed by atoms with Crippen molar-refractivity contribution in [2.24, 2.45) is 0 Å². The van der Waals surface area contributed by atoms with Crippen LogP contribution in [0, 0.1) is 11.3 Å². The molecule has 1 aliphatic carbocycles. The molecule has 20 heavy (non-hydrogen) atoms. The second kappa shape index (κ2) is 5.25. The largest absolute Gasteiger partial charge is 0.383 e. The van der Waals surface area contributed by atoms with Gasteiger partial charge >= 0.3 is 0 Å². The van der Waals surface area contributed by atoms with Gasteiger partial charge in [-0.1, -0.05) is 31.0 Å². The predicted octanol–water partition coefficient (Wildman–Crippen LogP) is 3.20. The molecule has 1 aliphatic rings. The van der Waals surface area contributed by atoms with Gasteiger partial charge < -0.3 is 11.1 Å². The number of nitriles is 1. The molecule has 3 N–H and O–H groups in total. The van der Waals surface area contributed by atoms with Gasteiger partial charge in [-0.15, -0.1) is 0 Å². The topological polar surface area (TPSA) is 79.7 Å². The van der Waals surface area contributed by atoms with Crippen LogP contribution in [0.2, 0.25) is 0 Å². The lowest BCUT2D eigenvalue weighted by Gasteiger charge is -2.11. The van der Waals surface area contributed by atoms with Gasteiger partial charge in [0.1, 0.15) is 17.5 Å². The van der Waals surface area contributed by atoms with Crippen LogP contribution in [0.1, 0.15) is 37.3 Å². The molecular weight excluding hydrogens is 250 g/mol. The average molecular weight is 267 g/mol. The van der Waals surface area contributed by atoms with E-state index in [1.54, 1.807) is 0 Å². The summed E-state index contributed by atoms with van der Waals surface area (Å²) in [6.07, 6.45) is 4.57. The number of anilines is 3. The Morgan fingerprint density at radius 2 is 1.95 bits per heavy atom. The van der Waals surface area contributed by atoms with Gasteiger partial charge in [0.15, 0.2) is 5.82 Å². The van der Waals surface area contributed by atoms with E-state index in [0.29, 0.717) is 23.2 Å². The number of rotatable bonds is 3. The molecule has 2 aromatic rings. The van der Waals surface area contributed by atoms with Gasteiger partial charge in [0, 0.05) is 5.69 Å². The monoisotopic (exact) mass is 267 g/mol. The Labute approximate surface area is 118 Å². The number of nitrogen functional groups attached to an aromatic ring is 1. The fraction of sp³-hybridized carbons (Fsp3) is 0.333. The highest BCUT2D eigenvalue weighted by Gasteiger charge is 2.24. The summed E-state index contributed by atoms with van der Waals surface area (Å²) in [4.78, 5) is 0. The van der Waals surface area contributed by atoms with E-state index >= 15 is 0 Å². The molecule has 1 fully saturated rings. The smallest absolute Gasteiger partial charge is 0.172 e. The van der Waals surface area contributed by atoms with Crippen LogP contribution in [-0.2, 0) is 0 Å². The number of benzene rings is 1. The summed E-state index contributed by atoms with van der Waals surface area (Å²) < 4.78 is 1.82. The van der Waals surface area contributed by atoms with Crippen LogP contribution >= 0.6 is 0 Å². The van der Waals surface area contributed by atoms with E-state index in [2.05, 4.69) is 16.5 Å². The van der Waals surface area contributed by atoms with Crippen molar-refractivity contribution >= 4 is 17.3 Å². The zero-order valence-electron chi connectivity index (χ0n) is 11.2. The molecule has 1 heterocycles. The van der Waals surface area contributed by atoms with Crippen LogP contribution in [0.5, 0.6) is 0 Å². The van der Waals surface area contributed by atoms with E-state index in [9.17, 15) is 5.26 Å². The molecule has 102 valence electrons. The number of hydrogen-bond donors (Lipinski definition) is 2. The maximum Gasteiger partial charge on any atom is 0.172 e. The summed E-state index contributed by atoms with van der Waals surface area (Å²) in [6, 6.07) is 12.2. The van der Waals surface area contributed by atoms with E-state index in [0.717, 1.165) is 18.5 Å². The van der Waals surface area contributed by atoms with E-state index < -0.39 is 0 Å². The molecule has 0 unspecified atom stereocenters. The third-order valence-corrected chi connectivity index (χ3v) is 3.77. The molecule has 3 rings (SSSR count). The quantitative estimate of drug-likeness (QED) is 0.895. The Morgan fingerprint density at radius 1 is 1.25 bits per heavy atom. The van der Waals surface area contributed by atoms with Crippen molar-refractivity contribution in [2.45, 2.75) is 31.7 Å². The van der Waals surface area contributed by atoms with Gasteiger partial charge in [0.05, 0.1) is 6.04 Å². The van der Waals surface area contributed by atoms with Gasteiger partial charge in [-0.2, -0.15) is 10.4 Å². The fourth-order valence-corrected chi connectivity index (χ4v) is 2.73. The lowest BCUT2D eigenvalue weighted by molar-refractivity contribution is 0.475. The molecule has 5 heteroatoms. The lowest BCUT2D eigenvalue weighted by atomic mass is 10.2. The molecule has 0 radical (unpaired) electrons. The van der Waals surface area contributed by atoms with Crippen LogP contribution < -0.4 is 11.1 Å². The number of nitrogens with two attached hydrogens (primary N) is 1. The van der Waals surface area contributed by atoms with E-state index in [-0.39, 0.29) is 0 Å². The Bertz CT molecular complexity index is 632. The minimum atomic E-state index is 0.327. The van der Waals surface area contributed by atoms with E-state index in [4.69, 9.17) is 5.73 Å². The standard InChI is InChI=1S/C15H17N5/c16-10-13-14(17)20(12-8-4-5-9-12)19-15(13)18-11-6-2-1-3-7-11/h1-3,6-7,12H,4-5,8-9,17H2,(H,18,19). The van der Waals surface area contributed by atoms with Crippen LogP contribution in [0.25, 0.3) is 0 Å². The Kier molecular flexibility index (Phi) is 3.30. The van der Waals surface area contributed by atoms with Gasteiger partial charge in [0.25, 0.3) is 0 Å². The van der Waals surface area contributed by atoms with Crippen LogP contribution in [0.15, 0.2) is 30.3 Å². The fourth-order valence-electron chi connectivity index (χ4n) is 2.73. The number of nitrogens with zero attached hydrogens (tertiary/aromatic N) is 3. The molecule has 1 saturated carbocycles. The third kappa shape index (κ3) is 2.21. The van der Waals surface area contributed by atoms with Crippen LogP contribution in [0.4, 0.5) is 17.3 Å². The Balaban J connectivity index is 1.94. The highest BCUT2D eigenvalue weighted by atomic mass is 15.4. The first kappa shape index (κ1) is 12.5. The summed E-state index contributed by atoms with van der Waals surface area (Å²) in [5.41, 5.74) is 7.42. The number of nitrogens with one attached hydrogen (secondary N) is 1. The van der Waals surface area contributed by atoms with E-state index in [1.807, 2.05) is 35.0 Å². The lowest BCUT2D eigenvalue weighted by Crippen LogP contribution is -2.10. The first-order valence-electron chi connectivity index (χ1n) is 6.89. The number of para-hydroxylation sites is 1. The van der Waals surface area contributed by atoms with Gasteiger partial charge in [0.2, 0.25) is 0 Å². The molecule has 5 nitrogen and oxygen atoms in total. The normalized spacial score (nSPS) is 15.2. The zero-order chi connectivity index (χ0) is 13.9. The molecule has 0 amide bonds. The van der Waals surface area contributed by atoms with Gasteiger partial charge in [-0.05, 0) is 25.0 Å². The summed E-state index contributed by atoms with van der Waals surface area (Å²) in [5.74, 6) is 1.01. The Morgan fingerprint density at radius 3 is 2.60 bits per heavy atom. The van der Waals surface area contributed by atoms with Crippen LogP contribution in [0.3, 0.4) is 0 Å². The molecule has 1 aromatic carbocycles. The minimum Gasteiger partial charge on any atom is -0.383 e. The molecule has 0 aliphatic heterocycles. The summed E-state index contributed by atoms with van der Waals surface area (Å²) >= 11 is 0. The van der Waals surface area contributed by atoms with Crippen molar-refractivity contribution in [1.82, 2.24) is 9.78 Å². The van der Waals surface area contributed by atoms with Gasteiger partial charge in [-0.3, -0.25) is 0 Å². The number of hydrogen-bond acceptors (Lipinski definition) is 4. The van der Waals surface area contributed by atoms with Gasteiger partial charge in [-0.25, -0.2) is 4.68 Å². The maximum atomic E-state index is 9.31. The van der Waals surface area contributed by atoms with Crippen molar-refractivity contribution in [3.05, 3.63) is 35.9 Å². The predicted molar refractivity (Wildman–Crippen MR) is 78.6 cm³/mol. The summed E-state index contributed by atoms with van der Waals surface area (Å²) in [5, 5.41) is 17.0. The SMILES string of the molecule is N#Cc1c(Nc2ccccc2)nn(C2CCCC2)c1N. The number of aromatic nitrogens is 2. The molecule has 0 atom stereocenters. The maximum absolute atomic E-state index is 9.31. The average Bonchev–Trinajstić information content (AvgIpc) is 3.08. The first-order chi connectivity index (χ1) is 9.79. The van der Waals surface area contributed by atoms with Crippen molar-refractivity contribution in [2.75, 3.05) is 11.1 Å². The highest BCUT2D eigenvalue weighted by Crippen LogP contribution is 2.34. The Hall–Kier alpha value is -2.48.